The summed E-state index contributed by atoms with van der Waals surface area (Å²) in [6.07, 6.45) is 1.56. The number of hydrogen-bond acceptors (Lipinski definition) is 2. The van der Waals surface area contributed by atoms with E-state index in [1.54, 1.807) is 12.1 Å². The van der Waals surface area contributed by atoms with Crippen molar-refractivity contribution < 1.29 is 13.5 Å². The molecule has 0 fully saturated rings. The van der Waals surface area contributed by atoms with E-state index in [4.69, 9.17) is 5.73 Å². The minimum Gasteiger partial charge on any atom is -0.432 e. The van der Waals surface area contributed by atoms with Gasteiger partial charge in [0.15, 0.2) is 5.75 Å². The predicted molar refractivity (Wildman–Crippen MR) is 70.4 cm³/mol. The summed E-state index contributed by atoms with van der Waals surface area (Å²) in [6.45, 7) is -0.838. The molecule has 0 saturated heterocycles. The zero-order chi connectivity index (χ0) is 13.0. The molecule has 0 aromatic heterocycles. The summed E-state index contributed by atoms with van der Waals surface area (Å²) in [7, 11) is 0. The third-order valence-electron chi connectivity index (χ3n) is 2.29. The van der Waals surface area contributed by atoms with Crippen LogP contribution in [0.15, 0.2) is 21.1 Å². The quantitative estimate of drug-likeness (QED) is 0.844. The molecule has 1 aromatic carbocycles. The lowest BCUT2D eigenvalue weighted by molar-refractivity contribution is -0.0508. The molecule has 0 spiro atoms. The molecule has 2 nitrogen and oxygen atoms in total. The second kappa shape index (κ2) is 6.66. The molecular weight excluding hydrogens is 360 g/mol. The van der Waals surface area contributed by atoms with Crippen LogP contribution in [0.2, 0.25) is 0 Å². The second-order valence-electron chi connectivity index (χ2n) is 3.64. The molecule has 0 aliphatic heterocycles. The van der Waals surface area contributed by atoms with E-state index < -0.39 is 6.61 Å². The van der Waals surface area contributed by atoms with Crippen molar-refractivity contribution >= 4 is 31.9 Å². The zero-order valence-electron chi connectivity index (χ0n) is 9.22. The Bertz CT molecular complexity index is 365. The average molecular weight is 373 g/mol. The van der Waals surface area contributed by atoms with Gasteiger partial charge < -0.3 is 10.5 Å². The van der Waals surface area contributed by atoms with E-state index in [-0.39, 0.29) is 11.8 Å². The molecule has 0 saturated carbocycles. The lowest BCUT2D eigenvalue weighted by Crippen LogP contribution is -2.21. The Morgan fingerprint density at radius 2 is 1.82 bits per heavy atom. The fourth-order valence-electron chi connectivity index (χ4n) is 1.38. The van der Waals surface area contributed by atoms with Crippen LogP contribution >= 0.6 is 31.9 Å². The molecular formula is C11H13Br2F2NO. The second-order valence-corrected chi connectivity index (χ2v) is 5.35. The van der Waals surface area contributed by atoms with Crippen LogP contribution in [0.1, 0.15) is 18.9 Å². The van der Waals surface area contributed by atoms with Crippen LogP contribution in [-0.2, 0) is 6.42 Å². The molecule has 0 amide bonds. The largest absolute Gasteiger partial charge is 0.432 e. The van der Waals surface area contributed by atoms with E-state index in [1.807, 2.05) is 6.92 Å². The van der Waals surface area contributed by atoms with Gasteiger partial charge in [-0.15, -0.1) is 0 Å². The van der Waals surface area contributed by atoms with Gasteiger partial charge in [0.05, 0.1) is 8.95 Å². The Morgan fingerprint density at radius 1 is 1.29 bits per heavy atom. The first-order valence-corrected chi connectivity index (χ1v) is 6.71. The van der Waals surface area contributed by atoms with Crippen LogP contribution in [-0.4, -0.2) is 12.7 Å². The summed E-state index contributed by atoms with van der Waals surface area (Å²) in [5, 5.41) is 0. The van der Waals surface area contributed by atoms with Crippen LogP contribution < -0.4 is 10.5 Å². The van der Waals surface area contributed by atoms with Gasteiger partial charge in [0.2, 0.25) is 0 Å². The van der Waals surface area contributed by atoms with Crippen molar-refractivity contribution in [1.82, 2.24) is 0 Å². The van der Waals surface area contributed by atoms with Crippen molar-refractivity contribution in [3.05, 3.63) is 26.6 Å². The Hall–Kier alpha value is -0.200. The van der Waals surface area contributed by atoms with Gasteiger partial charge in [-0.25, -0.2) is 0 Å². The maximum absolute atomic E-state index is 12.2. The van der Waals surface area contributed by atoms with E-state index in [2.05, 4.69) is 36.6 Å². The number of alkyl halides is 2. The van der Waals surface area contributed by atoms with Gasteiger partial charge in [0.1, 0.15) is 0 Å². The molecule has 2 N–H and O–H groups in total. The van der Waals surface area contributed by atoms with Gasteiger partial charge in [-0.1, -0.05) is 6.92 Å². The smallest absolute Gasteiger partial charge is 0.387 e. The Kier molecular flexibility index (Phi) is 5.82. The van der Waals surface area contributed by atoms with Crippen LogP contribution in [0.25, 0.3) is 0 Å². The Labute approximate surface area is 116 Å². The molecule has 0 bridgehead atoms. The third kappa shape index (κ3) is 4.52. The number of benzene rings is 1. The van der Waals surface area contributed by atoms with E-state index >= 15 is 0 Å². The molecule has 0 radical (unpaired) electrons. The molecule has 1 aromatic rings. The molecule has 6 heteroatoms. The fourth-order valence-corrected chi connectivity index (χ4v) is 2.85. The first-order valence-electron chi connectivity index (χ1n) is 5.12. The predicted octanol–water partition coefficient (Wildman–Crippen LogP) is 4.09. The van der Waals surface area contributed by atoms with Gasteiger partial charge in [0.25, 0.3) is 0 Å². The van der Waals surface area contributed by atoms with Crippen LogP contribution in [0.3, 0.4) is 0 Å². The zero-order valence-corrected chi connectivity index (χ0v) is 12.4. The van der Waals surface area contributed by atoms with Crippen LogP contribution in [0.4, 0.5) is 8.78 Å². The normalized spacial score (nSPS) is 12.9. The molecule has 17 heavy (non-hydrogen) atoms. The van der Waals surface area contributed by atoms with Crippen molar-refractivity contribution in [3.63, 3.8) is 0 Å². The first kappa shape index (κ1) is 14.9. The minimum absolute atomic E-state index is 0.0654. The van der Waals surface area contributed by atoms with Crippen LogP contribution in [0.5, 0.6) is 5.75 Å². The van der Waals surface area contributed by atoms with Crippen molar-refractivity contribution in [2.24, 2.45) is 5.73 Å². The van der Waals surface area contributed by atoms with E-state index in [9.17, 15) is 8.78 Å². The highest BCUT2D eigenvalue weighted by Crippen LogP contribution is 2.36. The van der Waals surface area contributed by atoms with Gasteiger partial charge in [0, 0.05) is 6.04 Å². The van der Waals surface area contributed by atoms with Crippen molar-refractivity contribution in [3.8, 4) is 5.75 Å². The molecule has 96 valence electrons. The molecule has 0 aliphatic rings. The summed E-state index contributed by atoms with van der Waals surface area (Å²) in [6, 6.07) is 3.56. The van der Waals surface area contributed by atoms with Crippen LogP contribution in [0, 0.1) is 0 Å². The SMILES string of the molecule is CCC(N)Cc1cc(Br)c(OC(F)F)c(Br)c1. The summed E-state index contributed by atoms with van der Waals surface area (Å²) in [4.78, 5) is 0. The highest BCUT2D eigenvalue weighted by Gasteiger charge is 2.14. The Balaban J connectivity index is 2.92. The highest BCUT2D eigenvalue weighted by atomic mass is 79.9. The number of nitrogens with two attached hydrogens (primary N) is 1. The Morgan fingerprint density at radius 3 is 2.24 bits per heavy atom. The molecule has 1 atom stereocenters. The lowest BCUT2D eigenvalue weighted by atomic mass is 10.0. The highest BCUT2D eigenvalue weighted by molar-refractivity contribution is 9.11. The summed E-state index contributed by atoms with van der Waals surface area (Å²) < 4.78 is 29.7. The summed E-state index contributed by atoms with van der Waals surface area (Å²) in [5.74, 6) is 0.105. The number of rotatable bonds is 5. The van der Waals surface area contributed by atoms with Gasteiger partial charge >= 0.3 is 6.61 Å². The van der Waals surface area contributed by atoms with E-state index in [0.717, 1.165) is 12.0 Å². The summed E-state index contributed by atoms with van der Waals surface area (Å²) >= 11 is 6.42. The first-order chi connectivity index (χ1) is 7.93. The lowest BCUT2D eigenvalue weighted by Gasteiger charge is -2.13. The van der Waals surface area contributed by atoms with Gasteiger partial charge in [-0.2, -0.15) is 8.78 Å². The monoisotopic (exact) mass is 371 g/mol. The average Bonchev–Trinajstić information content (AvgIpc) is 2.23. The van der Waals surface area contributed by atoms with Crippen molar-refractivity contribution in [2.75, 3.05) is 0 Å². The molecule has 1 unspecified atom stereocenters. The number of hydrogen-bond donors (Lipinski definition) is 1. The molecule has 0 aliphatic carbocycles. The summed E-state index contributed by atoms with van der Waals surface area (Å²) in [5.41, 5.74) is 6.81. The standard InChI is InChI=1S/C11H13Br2F2NO/c1-2-7(16)3-6-4-8(12)10(9(13)5-6)17-11(14)15/h4-5,7,11H,2-3,16H2,1H3. The fraction of sp³-hybridized carbons (Fsp3) is 0.455. The minimum atomic E-state index is -2.84. The maximum Gasteiger partial charge on any atom is 0.387 e. The third-order valence-corrected chi connectivity index (χ3v) is 3.47. The van der Waals surface area contributed by atoms with E-state index in [1.165, 1.54) is 0 Å². The molecule has 1 rings (SSSR count). The van der Waals surface area contributed by atoms with Crippen molar-refractivity contribution in [1.29, 1.82) is 0 Å². The molecule has 0 heterocycles. The number of halogens is 4. The van der Waals surface area contributed by atoms with Crippen molar-refractivity contribution in [2.45, 2.75) is 32.4 Å². The van der Waals surface area contributed by atoms with Gasteiger partial charge in [-0.3, -0.25) is 0 Å². The number of ether oxygens (including phenoxy) is 1. The maximum atomic E-state index is 12.2. The van der Waals surface area contributed by atoms with Gasteiger partial charge in [-0.05, 0) is 62.4 Å². The van der Waals surface area contributed by atoms with E-state index in [0.29, 0.717) is 15.4 Å². The topological polar surface area (TPSA) is 35.2 Å².